The smallest absolute Gasteiger partial charge is 0.250 e. The van der Waals surface area contributed by atoms with Gasteiger partial charge in [0.15, 0.2) is 0 Å². The number of likely N-dealkylation sites (tertiary alicyclic amines) is 2. The lowest BCUT2D eigenvalue weighted by molar-refractivity contribution is -0.117. The molecule has 146 valence electrons. The predicted molar refractivity (Wildman–Crippen MR) is 110 cm³/mol. The summed E-state index contributed by atoms with van der Waals surface area (Å²) in [5, 5.41) is 2.94. The second-order valence-corrected chi connectivity index (χ2v) is 8.72. The Bertz CT molecular complexity index is 572. The fraction of sp³-hybridized carbons (Fsp3) is 0.682. The second-order valence-electron chi connectivity index (χ2n) is 8.72. The number of allylic oxidation sites excluding steroid dienone is 3. The Balaban J connectivity index is 1.82. The Kier molecular flexibility index (Phi) is 7.10. The molecule has 1 N–H and O–H groups in total. The molecule has 26 heavy (non-hydrogen) atoms. The van der Waals surface area contributed by atoms with Gasteiger partial charge in [-0.1, -0.05) is 26.5 Å². The van der Waals surface area contributed by atoms with Gasteiger partial charge in [-0.15, -0.1) is 0 Å². The van der Waals surface area contributed by atoms with Gasteiger partial charge in [0, 0.05) is 44.0 Å². The van der Waals surface area contributed by atoms with Gasteiger partial charge in [-0.25, -0.2) is 0 Å². The summed E-state index contributed by atoms with van der Waals surface area (Å²) in [5.41, 5.74) is 3.63. The summed E-state index contributed by atoms with van der Waals surface area (Å²) in [6.07, 6.45) is 7.44. The molecule has 2 saturated heterocycles. The normalized spacial score (nSPS) is 21.1. The first-order valence-electron chi connectivity index (χ1n) is 9.98. The number of carbonyl (C=O) groups excluding carboxylic acids is 1. The molecule has 4 heteroatoms. The van der Waals surface area contributed by atoms with Crippen molar-refractivity contribution in [2.24, 2.45) is 11.3 Å². The largest absolute Gasteiger partial charge is 0.375 e. The molecule has 4 nitrogen and oxygen atoms in total. The van der Waals surface area contributed by atoms with Crippen molar-refractivity contribution in [3.05, 3.63) is 35.6 Å². The van der Waals surface area contributed by atoms with Gasteiger partial charge in [-0.2, -0.15) is 0 Å². The minimum Gasteiger partial charge on any atom is -0.375 e. The molecule has 0 aliphatic carbocycles. The van der Waals surface area contributed by atoms with E-state index in [1.807, 2.05) is 12.2 Å². The Morgan fingerprint density at radius 1 is 1.19 bits per heavy atom. The van der Waals surface area contributed by atoms with E-state index in [0.29, 0.717) is 23.5 Å². The zero-order valence-electron chi connectivity index (χ0n) is 17.4. The third-order valence-electron chi connectivity index (χ3n) is 5.91. The van der Waals surface area contributed by atoms with Crippen LogP contribution in [0.3, 0.4) is 0 Å². The van der Waals surface area contributed by atoms with Crippen LogP contribution >= 0.6 is 0 Å². The number of rotatable bonds is 7. The second kappa shape index (κ2) is 8.90. The molecule has 2 aliphatic heterocycles. The summed E-state index contributed by atoms with van der Waals surface area (Å²) in [6.45, 7) is 18.0. The molecule has 0 radical (unpaired) electrons. The lowest BCUT2D eigenvalue weighted by Gasteiger charge is -2.53. The SMILES string of the molecule is C=C(/C=C\C(C)=C(/C)N1CCC2(CC1)CN(C)C2)C(=O)NCCC(C)C. The first-order chi connectivity index (χ1) is 12.2. The molecule has 0 bridgehead atoms. The van der Waals surface area contributed by atoms with Gasteiger partial charge in [0.25, 0.3) is 5.91 Å². The monoisotopic (exact) mass is 359 g/mol. The predicted octanol–water partition coefficient (Wildman–Crippen LogP) is 3.58. The zero-order valence-corrected chi connectivity index (χ0v) is 17.4. The van der Waals surface area contributed by atoms with E-state index in [9.17, 15) is 4.79 Å². The van der Waals surface area contributed by atoms with Crippen LogP contribution < -0.4 is 5.32 Å². The summed E-state index contributed by atoms with van der Waals surface area (Å²) < 4.78 is 0. The first-order valence-corrected chi connectivity index (χ1v) is 9.98. The van der Waals surface area contributed by atoms with Crippen molar-refractivity contribution in [1.82, 2.24) is 15.1 Å². The molecule has 2 rings (SSSR count). The van der Waals surface area contributed by atoms with E-state index in [0.717, 1.165) is 19.5 Å². The summed E-state index contributed by atoms with van der Waals surface area (Å²) in [5.74, 6) is 0.525. The summed E-state index contributed by atoms with van der Waals surface area (Å²) in [6, 6.07) is 0. The van der Waals surface area contributed by atoms with Crippen LogP contribution in [0.25, 0.3) is 0 Å². The third-order valence-corrected chi connectivity index (χ3v) is 5.91. The minimum absolute atomic E-state index is 0.0682. The first kappa shape index (κ1) is 20.8. The maximum Gasteiger partial charge on any atom is 0.250 e. The van der Waals surface area contributed by atoms with Gasteiger partial charge < -0.3 is 15.1 Å². The van der Waals surface area contributed by atoms with E-state index >= 15 is 0 Å². The molecule has 2 fully saturated rings. The average molecular weight is 360 g/mol. The molecule has 0 unspecified atom stereocenters. The highest BCUT2D eigenvalue weighted by atomic mass is 16.1. The van der Waals surface area contributed by atoms with Crippen molar-refractivity contribution in [3.63, 3.8) is 0 Å². The molecule has 0 aromatic heterocycles. The van der Waals surface area contributed by atoms with E-state index in [-0.39, 0.29) is 5.91 Å². The highest BCUT2D eigenvalue weighted by Gasteiger charge is 2.43. The molecule has 0 aromatic carbocycles. The van der Waals surface area contributed by atoms with E-state index in [4.69, 9.17) is 0 Å². The maximum absolute atomic E-state index is 12.1. The molecular weight excluding hydrogens is 322 g/mol. The maximum atomic E-state index is 12.1. The van der Waals surface area contributed by atoms with Crippen LogP contribution in [-0.4, -0.2) is 55.5 Å². The fourth-order valence-corrected chi connectivity index (χ4v) is 3.99. The Morgan fingerprint density at radius 3 is 2.35 bits per heavy atom. The molecule has 1 amide bonds. The Labute approximate surface area is 160 Å². The fourth-order valence-electron chi connectivity index (χ4n) is 3.99. The number of nitrogens with one attached hydrogen (secondary N) is 1. The molecule has 0 saturated carbocycles. The molecule has 0 atom stereocenters. The molecule has 2 aliphatic rings. The van der Waals surface area contributed by atoms with E-state index in [1.165, 1.54) is 37.2 Å². The van der Waals surface area contributed by atoms with Gasteiger partial charge in [0.2, 0.25) is 0 Å². The molecule has 1 spiro atoms. The number of carbonyl (C=O) groups is 1. The molecule has 0 aromatic rings. The lowest BCUT2D eigenvalue weighted by Crippen LogP contribution is -2.58. The number of piperidine rings is 1. The summed E-state index contributed by atoms with van der Waals surface area (Å²) in [7, 11) is 2.21. The minimum atomic E-state index is -0.0682. The molecular formula is C22H37N3O. The highest BCUT2D eigenvalue weighted by molar-refractivity contribution is 5.95. The van der Waals surface area contributed by atoms with Crippen LogP contribution in [0, 0.1) is 11.3 Å². The molecule has 2 heterocycles. The lowest BCUT2D eigenvalue weighted by atomic mass is 9.72. The summed E-state index contributed by atoms with van der Waals surface area (Å²) in [4.78, 5) is 17.0. The van der Waals surface area contributed by atoms with Crippen LogP contribution in [0.2, 0.25) is 0 Å². The van der Waals surface area contributed by atoms with Gasteiger partial charge in [-0.3, -0.25) is 4.79 Å². The van der Waals surface area contributed by atoms with Crippen LogP contribution in [0.5, 0.6) is 0 Å². The van der Waals surface area contributed by atoms with Crippen molar-refractivity contribution < 1.29 is 4.79 Å². The van der Waals surface area contributed by atoms with Gasteiger partial charge in [0.05, 0.1) is 0 Å². The third kappa shape index (κ3) is 5.47. The summed E-state index contributed by atoms with van der Waals surface area (Å²) >= 11 is 0. The van der Waals surface area contributed by atoms with E-state index < -0.39 is 0 Å². The quantitative estimate of drug-likeness (QED) is 0.557. The number of hydrogen-bond donors (Lipinski definition) is 1. The van der Waals surface area contributed by atoms with Crippen LogP contribution in [0.15, 0.2) is 35.6 Å². The highest BCUT2D eigenvalue weighted by Crippen LogP contribution is 2.40. The Morgan fingerprint density at radius 2 is 1.81 bits per heavy atom. The average Bonchev–Trinajstić information content (AvgIpc) is 2.57. The van der Waals surface area contributed by atoms with Crippen molar-refractivity contribution in [2.45, 2.75) is 47.0 Å². The van der Waals surface area contributed by atoms with Gasteiger partial charge in [-0.05, 0) is 63.1 Å². The van der Waals surface area contributed by atoms with Gasteiger partial charge >= 0.3 is 0 Å². The topological polar surface area (TPSA) is 35.6 Å². The van der Waals surface area contributed by atoms with Crippen LogP contribution in [0.4, 0.5) is 0 Å². The van der Waals surface area contributed by atoms with E-state index in [2.05, 4.69) is 56.4 Å². The van der Waals surface area contributed by atoms with Crippen molar-refractivity contribution in [2.75, 3.05) is 39.8 Å². The Hall–Kier alpha value is -1.55. The van der Waals surface area contributed by atoms with Crippen molar-refractivity contribution >= 4 is 5.91 Å². The standard InChI is InChI=1S/C22H37N3O/c1-17(2)9-12-23-21(26)19(4)8-7-18(3)20(5)25-13-10-22(11-14-25)15-24(6)16-22/h7-8,17H,4,9-16H2,1-3,5-6H3,(H,23,26)/b8-7-,20-18+. The van der Waals surface area contributed by atoms with Crippen LogP contribution in [-0.2, 0) is 4.79 Å². The number of hydrogen-bond acceptors (Lipinski definition) is 3. The number of nitrogens with zero attached hydrogens (tertiary/aromatic N) is 2. The van der Waals surface area contributed by atoms with Crippen molar-refractivity contribution in [3.8, 4) is 0 Å². The van der Waals surface area contributed by atoms with E-state index in [1.54, 1.807) is 0 Å². The van der Waals surface area contributed by atoms with Crippen molar-refractivity contribution in [1.29, 1.82) is 0 Å². The zero-order chi connectivity index (χ0) is 19.3. The van der Waals surface area contributed by atoms with Crippen LogP contribution in [0.1, 0.15) is 47.0 Å². The van der Waals surface area contributed by atoms with Gasteiger partial charge in [0.1, 0.15) is 0 Å². The number of amides is 1.